The third-order valence-electron chi connectivity index (χ3n) is 17.0. The number of anilines is 1. The van der Waals surface area contributed by atoms with Crippen molar-refractivity contribution in [1.29, 1.82) is 0 Å². The molecule has 4 N–H and O–H groups in total. The van der Waals surface area contributed by atoms with Crippen molar-refractivity contribution >= 4 is 52.1 Å². The molecule has 20 heteroatoms. The molecule has 0 bridgehead atoms. The van der Waals surface area contributed by atoms with E-state index in [1.165, 1.54) is 41.0 Å². The van der Waals surface area contributed by atoms with E-state index in [1.54, 1.807) is 7.05 Å². The summed E-state index contributed by atoms with van der Waals surface area (Å²) in [7, 11) is 3.05. The molecule has 0 unspecified atom stereocenters. The van der Waals surface area contributed by atoms with Crippen LogP contribution in [0.3, 0.4) is 0 Å². The Morgan fingerprint density at radius 3 is 2.32 bits per heavy atom. The second kappa shape index (κ2) is 22.2. The Morgan fingerprint density at radius 2 is 1.64 bits per heavy atom. The molecule has 4 fully saturated rings. The van der Waals surface area contributed by atoms with Crippen LogP contribution in [0, 0.1) is 41.0 Å². The number of amides is 5. The summed E-state index contributed by atoms with van der Waals surface area (Å²) in [5.74, 6) is -4.90. The quantitative estimate of drug-likeness (QED) is 0.0679. The van der Waals surface area contributed by atoms with Crippen molar-refractivity contribution in [3.05, 3.63) is 105 Å². The zero-order valence-electron chi connectivity index (χ0n) is 43.7. The number of primary amides is 1. The van der Waals surface area contributed by atoms with Crippen LogP contribution in [0.1, 0.15) is 104 Å². The highest BCUT2D eigenvalue weighted by molar-refractivity contribution is 6.34. The first-order valence-electron chi connectivity index (χ1n) is 26.7. The number of aromatic nitrogens is 2. The van der Waals surface area contributed by atoms with Gasteiger partial charge in [-0.3, -0.25) is 29.3 Å². The van der Waals surface area contributed by atoms with Crippen LogP contribution in [0.2, 0.25) is 5.02 Å². The fourth-order valence-corrected chi connectivity index (χ4v) is 13.1. The number of imide groups is 1. The van der Waals surface area contributed by atoms with Crippen molar-refractivity contribution in [2.45, 2.75) is 88.7 Å². The molecule has 1 aliphatic carbocycles. The van der Waals surface area contributed by atoms with Gasteiger partial charge in [-0.15, -0.1) is 0 Å². The van der Waals surface area contributed by atoms with Crippen LogP contribution in [-0.4, -0.2) is 116 Å². The zero-order chi connectivity index (χ0) is 54.4. The lowest BCUT2D eigenvalue weighted by Gasteiger charge is -2.41. The van der Waals surface area contributed by atoms with Crippen LogP contribution in [0.4, 0.5) is 28.2 Å². The van der Waals surface area contributed by atoms with Crippen molar-refractivity contribution in [3.8, 4) is 22.6 Å². The molecule has 5 aliphatic rings. The Balaban J connectivity index is 0.747. The standard InChI is InChI=1S/C57H65ClF4N8O7/c1-31-28-68(20-18-37(31)46-40(59)26-39-52(51(46)62)67(3)66-54(39)70-23-19-44(71)65-56(70)74)29-33-16-21-69(22-17-33)55(73)34-10-12-36(13-11-34)64-30-57(35-8-6-5-7-9-35)32(2)45-43(77-57)27-41(60)49(58)48(45)47-38(53(63)72)14-15-42(50(47)61)76-25-24-75-4/h5-9,14-15,26-27,31-34,36-37,64H,10-13,16-25,28-30H2,1-4H3,(H2,63,72)(H,65,71,74)/t31-,32+,34?,36?,37+,57+/m1/s1. The monoisotopic (exact) mass is 1080 g/mol. The fourth-order valence-electron chi connectivity index (χ4n) is 12.9. The van der Waals surface area contributed by atoms with Crippen molar-refractivity contribution in [3.63, 3.8) is 0 Å². The molecule has 77 heavy (non-hydrogen) atoms. The molecule has 0 radical (unpaired) electrons. The van der Waals surface area contributed by atoms with E-state index >= 15 is 17.6 Å². The number of carbonyl (C=O) groups excluding carboxylic acids is 4. The predicted molar refractivity (Wildman–Crippen MR) is 282 cm³/mol. The molecule has 3 saturated heterocycles. The average molecular weight is 1090 g/mol. The van der Waals surface area contributed by atoms with E-state index in [4.69, 9.17) is 31.5 Å². The van der Waals surface area contributed by atoms with Crippen molar-refractivity contribution < 1.29 is 51.0 Å². The van der Waals surface area contributed by atoms with Crippen molar-refractivity contribution in [1.82, 2.24) is 30.2 Å². The van der Waals surface area contributed by atoms with E-state index in [1.807, 2.05) is 49.1 Å². The van der Waals surface area contributed by atoms with Gasteiger partial charge in [0.1, 0.15) is 29.5 Å². The van der Waals surface area contributed by atoms with E-state index in [0.29, 0.717) is 56.9 Å². The van der Waals surface area contributed by atoms with Gasteiger partial charge in [-0.25, -0.2) is 22.4 Å². The summed E-state index contributed by atoms with van der Waals surface area (Å²) in [4.78, 5) is 56.9. The number of hydrogen-bond donors (Lipinski definition) is 3. The number of nitrogens with two attached hydrogens (primary N) is 1. The number of nitrogens with zero attached hydrogens (tertiary/aromatic N) is 5. The topological polar surface area (TPSA) is 174 Å². The lowest BCUT2D eigenvalue weighted by molar-refractivity contribution is -0.138. The summed E-state index contributed by atoms with van der Waals surface area (Å²) in [6.07, 6.45) is 5.26. The number of aryl methyl sites for hydroxylation is 1. The molecule has 1 saturated carbocycles. The Kier molecular flexibility index (Phi) is 15.6. The maximum Gasteiger partial charge on any atom is 0.329 e. The molecular formula is C57H65ClF4N8O7. The van der Waals surface area contributed by atoms with Gasteiger partial charge in [-0.2, -0.15) is 5.10 Å². The maximum absolute atomic E-state index is 16.6. The maximum atomic E-state index is 16.6. The molecular weight excluding hydrogens is 1020 g/mol. The van der Waals surface area contributed by atoms with Crippen LogP contribution in [0.25, 0.3) is 22.0 Å². The predicted octanol–water partition coefficient (Wildman–Crippen LogP) is 8.92. The smallest absolute Gasteiger partial charge is 0.329 e. The lowest BCUT2D eigenvalue weighted by atomic mass is 9.77. The summed E-state index contributed by atoms with van der Waals surface area (Å²) in [5, 5.41) is 10.2. The Labute approximate surface area is 449 Å². The second-order valence-electron chi connectivity index (χ2n) is 21.6. The molecule has 5 heterocycles. The minimum absolute atomic E-state index is 0.0165. The number of methoxy groups -OCH3 is 1. The van der Waals surface area contributed by atoms with Crippen LogP contribution >= 0.6 is 11.6 Å². The molecule has 0 spiro atoms. The van der Waals surface area contributed by atoms with E-state index in [-0.39, 0.29) is 118 Å². The Hall–Kier alpha value is -6.28. The third kappa shape index (κ3) is 10.2. The Morgan fingerprint density at radius 1 is 0.896 bits per heavy atom. The number of nitrogens with one attached hydrogen (secondary N) is 2. The van der Waals surface area contributed by atoms with Crippen LogP contribution in [0.5, 0.6) is 11.5 Å². The molecule has 4 aromatic carbocycles. The highest BCUT2D eigenvalue weighted by atomic mass is 35.5. The number of likely N-dealkylation sites (tertiary alicyclic amines) is 2. The first-order valence-corrected chi connectivity index (χ1v) is 27.1. The van der Waals surface area contributed by atoms with Gasteiger partial charge in [0, 0.05) is 106 Å². The highest BCUT2D eigenvalue weighted by Gasteiger charge is 2.50. The largest absolute Gasteiger partial charge is 0.488 e. The summed E-state index contributed by atoms with van der Waals surface area (Å²) in [5.41, 5.74) is 5.54. The molecule has 15 nitrogen and oxygen atoms in total. The normalized spacial score (nSPS) is 24.2. The highest BCUT2D eigenvalue weighted by Crippen LogP contribution is 2.57. The molecule has 1 aromatic heterocycles. The summed E-state index contributed by atoms with van der Waals surface area (Å²) < 4.78 is 83.9. The number of urea groups is 1. The summed E-state index contributed by atoms with van der Waals surface area (Å²) >= 11 is 6.76. The van der Waals surface area contributed by atoms with E-state index in [0.717, 1.165) is 37.8 Å². The van der Waals surface area contributed by atoms with Crippen LogP contribution in [0.15, 0.2) is 54.6 Å². The van der Waals surface area contributed by atoms with Crippen LogP contribution in [-0.2, 0) is 27.0 Å². The average Bonchev–Trinajstić information content (AvgIpc) is 3.91. The summed E-state index contributed by atoms with van der Waals surface area (Å²) in [6, 6.07) is 14.0. The third-order valence-corrected chi connectivity index (χ3v) is 17.3. The van der Waals surface area contributed by atoms with Crippen LogP contribution < -0.4 is 30.7 Å². The number of rotatable bonds is 15. The van der Waals surface area contributed by atoms with E-state index in [9.17, 15) is 19.2 Å². The molecule has 5 aromatic rings. The second-order valence-corrected chi connectivity index (χ2v) is 21.9. The van der Waals surface area contributed by atoms with Gasteiger partial charge < -0.3 is 35.1 Å². The number of halogens is 5. The van der Waals surface area contributed by atoms with Gasteiger partial charge in [-0.1, -0.05) is 55.8 Å². The van der Waals surface area contributed by atoms with Gasteiger partial charge in [0.05, 0.1) is 22.6 Å². The zero-order valence-corrected chi connectivity index (χ0v) is 44.5. The Bertz CT molecular complexity index is 3090. The van der Waals surface area contributed by atoms with Gasteiger partial charge in [0.15, 0.2) is 28.8 Å². The SMILES string of the molecule is COCCOc1ccc(C(N)=O)c(-c2c(Cl)c(F)cc3c2[C@H](C)[C@@](CNC2CCC(C(=O)N4CCC(CN5CC[C@H](c6c(F)cc7c(N8CCC(=O)NC8=O)nn(C)c7c6F)[C@H](C)C5)CC4)CC2)(c2ccccc2)O3)c1F. The van der Waals surface area contributed by atoms with Crippen molar-refractivity contribution in [2.24, 2.45) is 30.5 Å². The first-order chi connectivity index (χ1) is 37.0. The fraction of sp³-hybridized carbons (Fsp3) is 0.491. The number of hydrogen-bond acceptors (Lipinski definition) is 10. The summed E-state index contributed by atoms with van der Waals surface area (Å²) in [6.45, 7) is 8.02. The van der Waals surface area contributed by atoms with E-state index < -0.39 is 52.6 Å². The van der Waals surface area contributed by atoms with Gasteiger partial charge in [0.2, 0.25) is 17.7 Å². The number of fused-ring (bicyclic) bond motifs is 2. The number of ether oxygens (including phenoxy) is 3. The number of piperidine rings is 2. The first kappa shape index (κ1) is 54.1. The molecule has 4 atom stereocenters. The van der Waals surface area contributed by atoms with Gasteiger partial charge in [-0.05, 0) is 93.0 Å². The molecule has 4 aliphatic heterocycles. The minimum Gasteiger partial charge on any atom is -0.488 e. The molecule has 10 rings (SSSR count). The van der Waals surface area contributed by atoms with Crippen molar-refractivity contribution in [2.75, 3.05) is 71.0 Å². The van der Waals surface area contributed by atoms with Gasteiger partial charge in [0.25, 0.3) is 0 Å². The molecule has 5 amide bonds. The minimum atomic E-state index is -1.12. The molecule has 410 valence electrons. The van der Waals surface area contributed by atoms with E-state index in [2.05, 4.69) is 20.6 Å². The van der Waals surface area contributed by atoms with Gasteiger partial charge >= 0.3 is 6.03 Å². The number of carbonyl (C=O) groups is 4. The lowest BCUT2D eigenvalue weighted by Crippen LogP contribution is -2.49. The number of benzene rings is 4.